The molecule has 0 radical (unpaired) electrons. The van der Waals surface area contributed by atoms with Gasteiger partial charge < -0.3 is 18.1 Å². The Morgan fingerprint density at radius 2 is 1.43 bits per heavy atom. The van der Waals surface area contributed by atoms with E-state index in [9.17, 15) is 9.13 Å². The zero-order chi connectivity index (χ0) is 18.5. The number of hydrogen-bond donors (Lipinski definition) is 0. The molecule has 0 saturated heterocycles. The summed E-state index contributed by atoms with van der Waals surface area (Å²) in [4.78, 5) is 0. The standard InChI is InChI=1S/C15H34O6P2/c1-10-15(8,9)21-23(17,20-14(5,6)7)12-22(16,18-11-2)19-13(3)4/h13H,10-12H2,1-9H3. The van der Waals surface area contributed by atoms with Gasteiger partial charge in [-0.2, -0.15) is 0 Å². The lowest BCUT2D eigenvalue weighted by atomic mass is 10.1. The Morgan fingerprint density at radius 1 is 0.913 bits per heavy atom. The van der Waals surface area contributed by atoms with Crippen LogP contribution in [0.25, 0.3) is 0 Å². The molecule has 140 valence electrons. The van der Waals surface area contributed by atoms with Crippen molar-refractivity contribution in [3.8, 4) is 0 Å². The molecule has 0 aliphatic rings. The van der Waals surface area contributed by atoms with Crippen LogP contribution in [-0.4, -0.2) is 29.8 Å². The van der Waals surface area contributed by atoms with E-state index in [1.165, 1.54) is 0 Å². The summed E-state index contributed by atoms with van der Waals surface area (Å²) < 4.78 is 48.4. The second-order valence-corrected chi connectivity index (χ2v) is 11.8. The van der Waals surface area contributed by atoms with Gasteiger partial charge in [0.15, 0.2) is 5.90 Å². The Balaban J connectivity index is 5.58. The van der Waals surface area contributed by atoms with Crippen LogP contribution in [-0.2, 0) is 27.2 Å². The van der Waals surface area contributed by atoms with Gasteiger partial charge in [0.05, 0.1) is 23.9 Å². The Hall–Kier alpha value is 0.300. The van der Waals surface area contributed by atoms with Gasteiger partial charge in [0.25, 0.3) is 0 Å². The second-order valence-electron chi connectivity index (χ2n) is 7.34. The highest BCUT2D eigenvalue weighted by Crippen LogP contribution is 2.67. The molecule has 2 atom stereocenters. The maximum absolute atomic E-state index is 13.3. The number of hydrogen-bond acceptors (Lipinski definition) is 6. The molecule has 0 aliphatic heterocycles. The van der Waals surface area contributed by atoms with E-state index < -0.39 is 32.3 Å². The van der Waals surface area contributed by atoms with Crippen LogP contribution in [0.5, 0.6) is 0 Å². The SMILES string of the molecule is CCOP(=O)(CP(=O)(OC(C)(C)C)OC(C)(C)CC)OC(C)C. The zero-order valence-corrected chi connectivity index (χ0v) is 17.8. The summed E-state index contributed by atoms with van der Waals surface area (Å²) in [7, 11) is -7.29. The molecule has 0 aromatic rings. The minimum atomic E-state index is -3.70. The highest BCUT2D eigenvalue weighted by Gasteiger charge is 2.44. The van der Waals surface area contributed by atoms with Crippen LogP contribution in [0.1, 0.15) is 68.7 Å². The lowest BCUT2D eigenvalue weighted by Crippen LogP contribution is -2.27. The molecular weight excluding hydrogens is 338 g/mol. The first-order chi connectivity index (χ1) is 10.2. The quantitative estimate of drug-likeness (QED) is 0.451. The van der Waals surface area contributed by atoms with E-state index in [1.54, 1.807) is 41.5 Å². The van der Waals surface area contributed by atoms with Crippen LogP contribution in [0.3, 0.4) is 0 Å². The molecule has 2 unspecified atom stereocenters. The fraction of sp³-hybridized carbons (Fsp3) is 1.00. The van der Waals surface area contributed by atoms with Crippen molar-refractivity contribution in [1.82, 2.24) is 0 Å². The average Bonchev–Trinajstić information content (AvgIpc) is 2.22. The summed E-state index contributed by atoms with van der Waals surface area (Å²) in [6.45, 7) is 16.3. The van der Waals surface area contributed by atoms with Gasteiger partial charge in [0.1, 0.15) is 0 Å². The van der Waals surface area contributed by atoms with Gasteiger partial charge in [-0.15, -0.1) is 0 Å². The topological polar surface area (TPSA) is 71.1 Å². The normalized spacial score (nSPS) is 18.7. The second kappa shape index (κ2) is 8.60. The molecule has 0 spiro atoms. The predicted octanol–water partition coefficient (Wildman–Crippen LogP) is 5.81. The first-order valence-electron chi connectivity index (χ1n) is 8.08. The predicted molar refractivity (Wildman–Crippen MR) is 94.2 cm³/mol. The summed E-state index contributed by atoms with van der Waals surface area (Å²) in [5.74, 6) is -0.396. The van der Waals surface area contributed by atoms with Crippen molar-refractivity contribution in [2.45, 2.75) is 86.0 Å². The van der Waals surface area contributed by atoms with Crippen molar-refractivity contribution < 1.29 is 27.2 Å². The van der Waals surface area contributed by atoms with E-state index in [2.05, 4.69) is 0 Å². The van der Waals surface area contributed by atoms with Crippen LogP contribution in [0.2, 0.25) is 0 Å². The fourth-order valence-corrected chi connectivity index (χ4v) is 7.37. The van der Waals surface area contributed by atoms with E-state index in [4.69, 9.17) is 18.1 Å². The summed E-state index contributed by atoms with van der Waals surface area (Å²) in [5.41, 5.74) is -1.39. The van der Waals surface area contributed by atoms with Crippen molar-refractivity contribution in [3.63, 3.8) is 0 Å². The smallest absolute Gasteiger partial charge is 0.308 e. The van der Waals surface area contributed by atoms with Crippen LogP contribution in [0.15, 0.2) is 0 Å². The first kappa shape index (κ1) is 23.3. The molecule has 23 heavy (non-hydrogen) atoms. The molecule has 0 aromatic carbocycles. The van der Waals surface area contributed by atoms with Crippen molar-refractivity contribution in [2.75, 3.05) is 12.5 Å². The minimum Gasteiger partial charge on any atom is -0.308 e. The minimum absolute atomic E-state index is 0.191. The van der Waals surface area contributed by atoms with E-state index in [-0.39, 0.29) is 12.7 Å². The van der Waals surface area contributed by atoms with Gasteiger partial charge >= 0.3 is 15.2 Å². The first-order valence-corrected chi connectivity index (χ1v) is 11.5. The Kier molecular flexibility index (Phi) is 8.71. The summed E-state index contributed by atoms with van der Waals surface area (Å²) in [5, 5.41) is 0. The van der Waals surface area contributed by atoms with Crippen LogP contribution >= 0.6 is 15.2 Å². The summed E-state index contributed by atoms with van der Waals surface area (Å²) in [6, 6.07) is 0. The van der Waals surface area contributed by atoms with Gasteiger partial charge in [0.2, 0.25) is 0 Å². The van der Waals surface area contributed by atoms with Crippen molar-refractivity contribution in [3.05, 3.63) is 0 Å². The van der Waals surface area contributed by atoms with Gasteiger partial charge in [-0.3, -0.25) is 9.13 Å². The number of rotatable bonds is 10. The van der Waals surface area contributed by atoms with Crippen LogP contribution in [0.4, 0.5) is 0 Å². The third kappa shape index (κ3) is 10.0. The molecule has 0 N–H and O–H groups in total. The maximum atomic E-state index is 13.3. The van der Waals surface area contributed by atoms with Crippen molar-refractivity contribution in [2.24, 2.45) is 0 Å². The summed E-state index contributed by atoms with van der Waals surface area (Å²) in [6.07, 6.45) is 0.309. The molecule has 0 rings (SSSR count). The van der Waals surface area contributed by atoms with Crippen LogP contribution < -0.4 is 0 Å². The van der Waals surface area contributed by atoms with Gasteiger partial charge in [-0.1, -0.05) is 6.92 Å². The fourth-order valence-electron chi connectivity index (χ4n) is 1.77. The van der Waals surface area contributed by atoms with Gasteiger partial charge in [-0.05, 0) is 61.8 Å². The Morgan fingerprint density at radius 3 is 1.78 bits per heavy atom. The molecule has 0 amide bonds. The van der Waals surface area contributed by atoms with Crippen molar-refractivity contribution in [1.29, 1.82) is 0 Å². The highest BCUT2D eigenvalue weighted by molar-refractivity contribution is 7.71. The van der Waals surface area contributed by atoms with E-state index in [0.29, 0.717) is 6.42 Å². The third-order valence-corrected chi connectivity index (χ3v) is 8.46. The van der Waals surface area contributed by atoms with Gasteiger partial charge in [-0.25, -0.2) is 0 Å². The van der Waals surface area contributed by atoms with E-state index in [1.807, 2.05) is 20.8 Å². The lowest BCUT2D eigenvalue weighted by molar-refractivity contribution is 0.0390. The molecule has 6 nitrogen and oxygen atoms in total. The van der Waals surface area contributed by atoms with E-state index >= 15 is 0 Å². The molecule has 0 saturated carbocycles. The monoisotopic (exact) mass is 372 g/mol. The van der Waals surface area contributed by atoms with Gasteiger partial charge in [0, 0.05) is 0 Å². The van der Waals surface area contributed by atoms with E-state index in [0.717, 1.165) is 0 Å². The molecular formula is C15H34O6P2. The molecule has 0 heterocycles. The third-order valence-electron chi connectivity index (χ3n) is 2.69. The lowest BCUT2D eigenvalue weighted by Gasteiger charge is -2.34. The van der Waals surface area contributed by atoms with Crippen molar-refractivity contribution >= 4 is 15.2 Å². The average molecular weight is 372 g/mol. The maximum Gasteiger partial charge on any atom is 0.343 e. The molecule has 0 bridgehead atoms. The zero-order valence-electron chi connectivity index (χ0n) is 16.0. The van der Waals surface area contributed by atoms with Crippen LogP contribution in [0, 0.1) is 0 Å². The molecule has 8 heteroatoms. The molecule has 0 aromatic heterocycles. The molecule has 0 aliphatic carbocycles. The highest BCUT2D eigenvalue weighted by atomic mass is 31.2. The largest absolute Gasteiger partial charge is 0.343 e. The summed E-state index contributed by atoms with van der Waals surface area (Å²) >= 11 is 0. The molecule has 0 fully saturated rings. The Labute approximate surface area is 141 Å². The Bertz CT molecular complexity index is 453.